The molecule has 1 aliphatic heterocycles. The van der Waals surface area contributed by atoms with Crippen molar-refractivity contribution in [1.29, 1.82) is 0 Å². The largest absolute Gasteiger partial charge is 0.497 e. The van der Waals surface area contributed by atoms with Gasteiger partial charge in [-0.25, -0.2) is 9.38 Å². The molecule has 0 unspecified atom stereocenters. The van der Waals surface area contributed by atoms with Crippen LogP contribution >= 0.6 is 15.9 Å². The number of nitrogens with zero attached hydrogens (tertiary/aromatic N) is 2. The van der Waals surface area contributed by atoms with E-state index >= 15 is 0 Å². The molecular formula is C23H16BrFN2O2. The first-order chi connectivity index (χ1) is 14.0. The standard InChI is InChI=1S/C23H16BrFN2O2/c1-29-20-11-7-16(8-12-20)22-26-21(13-15-5-9-18(25)10-6-15)23(28)27(22)19-4-2-3-17(24)14-19/h2-14H,1H3/b21-13+. The lowest BCUT2D eigenvalue weighted by Crippen LogP contribution is -2.32. The summed E-state index contributed by atoms with van der Waals surface area (Å²) in [5.74, 6) is 0.653. The Labute approximate surface area is 176 Å². The van der Waals surface area contributed by atoms with Crippen molar-refractivity contribution in [2.75, 3.05) is 12.0 Å². The number of ether oxygens (including phenoxy) is 1. The highest BCUT2D eigenvalue weighted by atomic mass is 79.9. The Morgan fingerprint density at radius 2 is 1.76 bits per heavy atom. The molecule has 4 nitrogen and oxygen atoms in total. The van der Waals surface area contributed by atoms with E-state index in [4.69, 9.17) is 4.74 Å². The van der Waals surface area contributed by atoms with Crippen molar-refractivity contribution < 1.29 is 13.9 Å². The van der Waals surface area contributed by atoms with E-state index in [1.165, 1.54) is 12.1 Å². The molecule has 4 rings (SSSR count). The van der Waals surface area contributed by atoms with Crippen molar-refractivity contribution in [3.8, 4) is 5.75 Å². The number of rotatable bonds is 4. The number of carbonyl (C=O) groups is 1. The molecule has 0 fully saturated rings. The van der Waals surface area contributed by atoms with E-state index in [0.29, 0.717) is 17.1 Å². The second-order valence-corrected chi connectivity index (χ2v) is 7.28. The number of hydrogen-bond donors (Lipinski definition) is 0. The number of amidine groups is 1. The molecule has 0 aromatic heterocycles. The van der Waals surface area contributed by atoms with Gasteiger partial charge in [0, 0.05) is 10.0 Å². The fourth-order valence-electron chi connectivity index (χ4n) is 3.02. The number of anilines is 1. The van der Waals surface area contributed by atoms with E-state index in [1.54, 1.807) is 30.2 Å². The molecule has 144 valence electrons. The Kier molecular flexibility index (Phi) is 5.27. The average Bonchev–Trinajstić information content (AvgIpc) is 3.06. The van der Waals surface area contributed by atoms with Crippen LogP contribution in [0.2, 0.25) is 0 Å². The summed E-state index contributed by atoms with van der Waals surface area (Å²) in [7, 11) is 1.60. The zero-order valence-corrected chi connectivity index (χ0v) is 17.1. The van der Waals surface area contributed by atoms with E-state index in [1.807, 2.05) is 48.5 Å². The summed E-state index contributed by atoms with van der Waals surface area (Å²) in [6.45, 7) is 0. The number of hydrogen-bond acceptors (Lipinski definition) is 3. The minimum absolute atomic E-state index is 0.252. The van der Waals surface area contributed by atoms with Crippen LogP contribution in [0.25, 0.3) is 6.08 Å². The molecule has 0 N–H and O–H groups in total. The van der Waals surface area contributed by atoms with Crippen molar-refractivity contribution in [2.24, 2.45) is 4.99 Å². The summed E-state index contributed by atoms with van der Waals surface area (Å²) in [6.07, 6.45) is 1.66. The summed E-state index contributed by atoms with van der Waals surface area (Å²) in [5, 5.41) is 0. The Hall–Kier alpha value is -3.25. The first-order valence-electron chi connectivity index (χ1n) is 8.85. The average molecular weight is 451 g/mol. The van der Waals surface area contributed by atoms with Crippen molar-refractivity contribution in [2.45, 2.75) is 0 Å². The van der Waals surface area contributed by atoms with Crippen LogP contribution in [0.15, 0.2) is 88.0 Å². The zero-order valence-electron chi connectivity index (χ0n) is 15.5. The number of aliphatic imine (C=N–C) groups is 1. The number of halogens is 2. The van der Waals surface area contributed by atoms with Gasteiger partial charge in [0.15, 0.2) is 0 Å². The van der Waals surface area contributed by atoms with Gasteiger partial charge in [-0.3, -0.25) is 9.69 Å². The third-order valence-electron chi connectivity index (χ3n) is 4.45. The maximum absolute atomic E-state index is 13.2. The third-order valence-corrected chi connectivity index (χ3v) is 4.94. The minimum atomic E-state index is -0.330. The predicted molar refractivity (Wildman–Crippen MR) is 116 cm³/mol. The summed E-state index contributed by atoms with van der Waals surface area (Å²) in [4.78, 5) is 19.4. The van der Waals surface area contributed by atoms with E-state index in [0.717, 1.165) is 15.8 Å². The third kappa shape index (κ3) is 3.98. The van der Waals surface area contributed by atoms with Crippen molar-refractivity contribution in [3.05, 3.63) is 99.9 Å². The molecule has 0 aliphatic carbocycles. The molecule has 0 saturated heterocycles. The molecule has 3 aromatic carbocycles. The van der Waals surface area contributed by atoms with Gasteiger partial charge in [0.25, 0.3) is 5.91 Å². The molecule has 1 aliphatic rings. The van der Waals surface area contributed by atoms with E-state index < -0.39 is 0 Å². The maximum atomic E-state index is 13.2. The molecule has 0 radical (unpaired) electrons. The number of amides is 1. The first kappa shape index (κ1) is 19.1. The fraction of sp³-hybridized carbons (Fsp3) is 0.0435. The van der Waals surface area contributed by atoms with Crippen LogP contribution in [-0.4, -0.2) is 18.9 Å². The smallest absolute Gasteiger partial charge is 0.282 e. The first-order valence-corrected chi connectivity index (χ1v) is 9.65. The molecule has 1 amide bonds. The normalized spacial score (nSPS) is 15.0. The van der Waals surface area contributed by atoms with Crippen LogP contribution in [0, 0.1) is 5.82 Å². The summed E-state index contributed by atoms with van der Waals surface area (Å²) >= 11 is 3.46. The van der Waals surface area contributed by atoms with Gasteiger partial charge in [-0.15, -0.1) is 0 Å². The molecular weight excluding hydrogens is 435 g/mol. The van der Waals surface area contributed by atoms with E-state index in [-0.39, 0.29) is 17.4 Å². The number of carbonyl (C=O) groups excluding carboxylic acids is 1. The van der Waals surface area contributed by atoms with Gasteiger partial charge in [-0.2, -0.15) is 0 Å². The Balaban J connectivity index is 1.81. The van der Waals surface area contributed by atoms with Gasteiger partial charge in [0.1, 0.15) is 23.1 Å². The Bertz CT molecular complexity index is 1120. The molecule has 1 heterocycles. The molecule has 0 atom stereocenters. The Morgan fingerprint density at radius 1 is 1.03 bits per heavy atom. The lowest BCUT2D eigenvalue weighted by Gasteiger charge is -2.19. The van der Waals surface area contributed by atoms with Gasteiger partial charge in [0.2, 0.25) is 0 Å². The number of benzene rings is 3. The lowest BCUT2D eigenvalue weighted by molar-refractivity contribution is -0.113. The quantitative estimate of drug-likeness (QED) is 0.497. The van der Waals surface area contributed by atoms with Crippen LogP contribution in [0.1, 0.15) is 11.1 Å². The molecule has 29 heavy (non-hydrogen) atoms. The number of methoxy groups -OCH3 is 1. The van der Waals surface area contributed by atoms with Crippen molar-refractivity contribution >= 4 is 39.4 Å². The highest BCUT2D eigenvalue weighted by Crippen LogP contribution is 2.30. The molecule has 6 heteroatoms. The van der Waals surface area contributed by atoms with Crippen LogP contribution in [-0.2, 0) is 4.79 Å². The zero-order chi connectivity index (χ0) is 20.4. The van der Waals surface area contributed by atoms with Crippen LogP contribution in [0.4, 0.5) is 10.1 Å². The molecule has 3 aromatic rings. The van der Waals surface area contributed by atoms with Crippen LogP contribution in [0.3, 0.4) is 0 Å². The predicted octanol–water partition coefficient (Wildman–Crippen LogP) is 5.43. The second-order valence-electron chi connectivity index (χ2n) is 6.37. The highest BCUT2D eigenvalue weighted by Gasteiger charge is 2.32. The topological polar surface area (TPSA) is 41.9 Å². The van der Waals surface area contributed by atoms with Crippen LogP contribution < -0.4 is 9.64 Å². The second kappa shape index (κ2) is 8.01. The fourth-order valence-corrected chi connectivity index (χ4v) is 3.41. The van der Waals surface area contributed by atoms with Crippen molar-refractivity contribution in [1.82, 2.24) is 0 Å². The molecule has 0 bridgehead atoms. The highest BCUT2D eigenvalue weighted by molar-refractivity contribution is 9.10. The summed E-state index contributed by atoms with van der Waals surface area (Å²) in [6, 6.07) is 20.8. The SMILES string of the molecule is COc1ccc(C2=N/C(=C/c3ccc(F)cc3)C(=O)N2c2cccc(Br)c2)cc1. The van der Waals surface area contributed by atoms with Gasteiger partial charge in [0.05, 0.1) is 12.8 Å². The summed E-state index contributed by atoms with van der Waals surface area (Å²) < 4.78 is 19.3. The van der Waals surface area contributed by atoms with Gasteiger partial charge >= 0.3 is 0 Å². The lowest BCUT2D eigenvalue weighted by atomic mass is 10.1. The van der Waals surface area contributed by atoms with Crippen molar-refractivity contribution in [3.63, 3.8) is 0 Å². The van der Waals surface area contributed by atoms with Gasteiger partial charge in [-0.1, -0.05) is 34.1 Å². The monoisotopic (exact) mass is 450 g/mol. The van der Waals surface area contributed by atoms with E-state index in [2.05, 4.69) is 20.9 Å². The maximum Gasteiger partial charge on any atom is 0.282 e. The minimum Gasteiger partial charge on any atom is -0.497 e. The van der Waals surface area contributed by atoms with Gasteiger partial charge < -0.3 is 4.74 Å². The molecule has 0 spiro atoms. The summed E-state index contributed by atoms with van der Waals surface area (Å²) in [5.41, 5.74) is 2.45. The van der Waals surface area contributed by atoms with Crippen LogP contribution in [0.5, 0.6) is 5.75 Å². The van der Waals surface area contributed by atoms with E-state index in [9.17, 15) is 9.18 Å². The Morgan fingerprint density at radius 3 is 2.41 bits per heavy atom. The van der Waals surface area contributed by atoms with Gasteiger partial charge in [-0.05, 0) is 66.2 Å². The molecule has 0 saturated carbocycles.